The van der Waals surface area contributed by atoms with Crippen molar-refractivity contribution in [3.8, 4) is 0 Å². The molecule has 2 fully saturated rings. The van der Waals surface area contributed by atoms with E-state index < -0.39 is 17.6 Å². The monoisotopic (exact) mass is 619 g/mol. The third-order valence-corrected chi connectivity index (χ3v) is 8.98. The lowest BCUT2D eigenvalue weighted by Crippen LogP contribution is -2.46. The van der Waals surface area contributed by atoms with E-state index in [-0.39, 0.29) is 23.7 Å². The number of aromatic nitrogens is 2. The molecule has 2 saturated carbocycles. The molecule has 2 aliphatic rings. The Kier molecular flexibility index (Phi) is 9.37. The van der Waals surface area contributed by atoms with Crippen LogP contribution in [0.2, 0.25) is 0 Å². The maximum Gasteiger partial charge on any atom is 0.416 e. The molecule has 45 heavy (non-hydrogen) atoms. The molecule has 1 amide bonds. The highest BCUT2D eigenvalue weighted by Gasteiger charge is 2.51. The van der Waals surface area contributed by atoms with Crippen molar-refractivity contribution < 1.29 is 27.5 Å². The van der Waals surface area contributed by atoms with E-state index in [0.29, 0.717) is 35.2 Å². The highest BCUT2D eigenvalue weighted by molar-refractivity contribution is 6.05. The summed E-state index contributed by atoms with van der Waals surface area (Å²) in [5.74, 6) is -0.130. The van der Waals surface area contributed by atoms with Gasteiger partial charge < -0.3 is 10.5 Å². The molecule has 1 heterocycles. The summed E-state index contributed by atoms with van der Waals surface area (Å²) in [5, 5.41) is 5.03. The standard InChI is InChI=1S/C20H20F3N3O.C16H20O2/c1-12(2)11-26-16-5-3-4-14(17(16)18(25-26)19(24)27)10-13-6-8-15(9-7-13)20(21,22)23;1-12(13-6-3-2-4-7-13)18-15(17)14-10-16(11-14)8-5-9-16/h3-9,12H,10-11H2,1-2H3,(H2,24,27);2-4,6-7,12,14H,5,8-11H2,1H3. The first kappa shape index (κ1) is 32.3. The number of amides is 1. The Morgan fingerprint density at radius 1 is 0.978 bits per heavy atom. The van der Waals surface area contributed by atoms with Gasteiger partial charge in [-0.15, -0.1) is 0 Å². The van der Waals surface area contributed by atoms with Crippen molar-refractivity contribution in [2.24, 2.45) is 23.0 Å². The zero-order valence-electron chi connectivity index (χ0n) is 25.9. The number of carbonyl (C=O) groups excluding carboxylic acids is 2. The van der Waals surface area contributed by atoms with Crippen LogP contribution in [0.15, 0.2) is 72.8 Å². The molecule has 2 aliphatic carbocycles. The minimum absolute atomic E-state index is 0.00359. The molecule has 3 aromatic carbocycles. The second kappa shape index (κ2) is 13.1. The van der Waals surface area contributed by atoms with Gasteiger partial charge >= 0.3 is 12.1 Å². The van der Waals surface area contributed by atoms with Crippen molar-refractivity contribution in [3.63, 3.8) is 0 Å². The highest BCUT2D eigenvalue weighted by atomic mass is 19.4. The molecule has 0 saturated heterocycles. The first-order valence-electron chi connectivity index (χ1n) is 15.5. The molecule has 238 valence electrons. The molecule has 6 rings (SSSR count). The molecule has 0 radical (unpaired) electrons. The van der Waals surface area contributed by atoms with Crippen molar-refractivity contribution >= 4 is 22.8 Å². The van der Waals surface area contributed by atoms with E-state index >= 15 is 0 Å². The van der Waals surface area contributed by atoms with Gasteiger partial charge in [-0.05, 0) is 85.3 Å². The lowest BCUT2D eigenvalue weighted by Gasteiger charge is -2.53. The average Bonchev–Trinajstić information content (AvgIpc) is 3.31. The number of ether oxygens (including phenoxy) is 1. The van der Waals surface area contributed by atoms with Crippen LogP contribution in [0.1, 0.15) is 91.7 Å². The first-order valence-corrected chi connectivity index (χ1v) is 15.5. The van der Waals surface area contributed by atoms with Crippen molar-refractivity contribution in [1.82, 2.24) is 9.78 Å². The molecule has 0 bridgehead atoms. The fourth-order valence-electron chi connectivity index (χ4n) is 6.44. The third-order valence-electron chi connectivity index (χ3n) is 8.98. The van der Waals surface area contributed by atoms with Crippen molar-refractivity contribution in [1.29, 1.82) is 0 Å². The number of alkyl halides is 3. The molecule has 4 aromatic rings. The summed E-state index contributed by atoms with van der Waals surface area (Å²) in [4.78, 5) is 23.9. The Morgan fingerprint density at radius 3 is 2.20 bits per heavy atom. The van der Waals surface area contributed by atoms with E-state index in [9.17, 15) is 22.8 Å². The first-order chi connectivity index (χ1) is 21.3. The second-order valence-corrected chi connectivity index (χ2v) is 12.9. The molecule has 1 aromatic heterocycles. The number of hydrogen-bond acceptors (Lipinski definition) is 4. The van der Waals surface area contributed by atoms with Crippen LogP contribution in [0.25, 0.3) is 10.9 Å². The fraction of sp³-hybridized carbons (Fsp3) is 0.417. The summed E-state index contributed by atoms with van der Waals surface area (Å²) >= 11 is 0. The molecule has 2 N–H and O–H groups in total. The summed E-state index contributed by atoms with van der Waals surface area (Å²) in [5.41, 5.74) is 8.93. The number of fused-ring (bicyclic) bond motifs is 1. The molecule has 0 aliphatic heterocycles. The lowest BCUT2D eigenvalue weighted by molar-refractivity contribution is -0.166. The zero-order chi connectivity index (χ0) is 32.4. The number of benzene rings is 3. The Hall–Kier alpha value is -4.14. The Balaban J connectivity index is 0.000000192. The van der Waals surface area contributed by atoms with E-state index in [1.165, 1.54) is 31.4 Å². The molecule has 6 nitrogen and oxygen atoms in total. The minimum atomic E-state index is -4.37. The van der Waals surface area contributed by atoms with E-state index in [4.69, 9.17) is 10.5 Å². The Bertz CT molecular complexity index is 1630. The van der Waals surface area contributed by atoms with Gasteiger partial charge in [-0.1, -0.05) is 74.9 Å². The molecule has 1 spiro atoms. The number of nitrogens with two attached hydrogens (primary N) is 1. The van der Waals surface area contributed by atoms with Crippen LogP contribution in [0.4, 0.5) is 13.2 Å². The summed E-state index contributed by atoms with van der Waals surface area (Å²) < 4.78 is 45.5. The molecule has 1 unspecified atom stereocenters. The maximum atomic E-state index is 12.7. The largest absolute Gasteiger partial charge is 0.458 e. The topological polar surface area (TPSA) is 87.2 Å². The molecular formula is C36H40F3N3O3. The summed E-state index contributed by atoms with van der Waals surface area (Å²) in [6.07, 6.45) is 2.01. The third kappa shape index (κ3) is 7.40. The number of nitrogens with zero attached hydrogens (tertiary/aromatic N) is 2. The maximum absolute atomic E-state index is 12.7. The van der Waals surface area contributed by atoms with Crippen LogP contribution >= 0.6 is 0 Å². The second-order valence-electron chi connectivity index (χ2n) is 12.9. The van der Waals surface area contributed by atoms with Crippen LogP contribution < -0.4 is 5.73 Å². The summed E-state index contributed by atoms with van der Waals surface area (Å²) in [7, 11) is 0. The number of halogens is 3. The Morgan fingerprint density at radius 2 is 1.64 bits per heavy atom. The van der Waals surface area contributed by atoms with E-state index in [1.54, 1.807) is 4.68 Å². The van der Waals surface area contributed by atoms with Crippen LogP contribution in [-0.2, 0) is 28.7 Å². The van der Waals surface area contributed by atoms with Gasteiger partial charge in [0.15, 0.2) is 5.69 Å². The number of esters is 1. The quantitative estimate of drug-likeness (QED) is 0.201. The number of hydrogen-bond donors (Lipinski definition) is 1. The summed E-state index contributed by atoms with van der Waals surface area (Å²) in [6.45, 7) is 6.67. The van der Waals surface area contributed by atoms with E-state index in [2.05, 4.69) is 5.10 Å². The fourth-order valence-corrected chi connectivity index (χ4v) is 6.44. The van der Waals surface area contributed by atoms with Crippen LogP contribution in [0.3, 0.4) is 0 Å². The van der Waals surface area contributed by atoms with Gasteiger partial charge in [0.25, 0.3) is 5.91 Å². The normalized spacial score (nSPS) is 16.4. The van der Waals surface area contributed by atoms with Gasteiger partial charge in [0, 0.05) is 11.9 Å². The van der Waals surface area contributed by atoms with E-state index in [0.717, 1.165) is 41.6 Å². The SMILES string of the molecule is CC(C)Cn1nc(C(N)=O)c2c(Cc3ccc(C(F)(F)F)cc3)cccc21.CC(OC(=O)C1CC2(CCC2)C1)c1ccccc1. The Labute approximate surface area is 261 Å². The smallest absolute Gasteiger partial charge is 0.416 e. The van der Waals surface area contributed by atoms with Crippen molar-refractivity contribution in [3.05, 3.63) is 101 Å². The van der Waals surface area contributed by atoms with Gasteiger partial charge in [0.2, 0.25) is 0 Å². The van der Waals surface area contributed by atoms with Crippen LogP contribution in [0, 0.1) is 17.3 Å². The summed E-state index contributed by atoms with van der Waals surface area (Å²) in [6, 6.07) is 20.5. The van der Waals surface area contributed by atoms with E-state index in [1.807, 2.05) is 69.3 Å². The lowest BCUT2D eigenvalue weighted by atomic mass is 9.52. The number of primary amides is 1. The minimum Gasteiger partial charge on any atom is -0.458 e. The predicted molar refractivity (Wildman–Crippen MR) is 167 cm³/mol. The van der Waals surface area contributed by atoms with Crippen molar-refractivity contribution in [2.75, 3.05) is 0 Å². The van der Waals surface area contributed by atoms with Gasteiger partial charge in [-0.2, -0.15) is 18.3 Å². The average molecular weight is 620 g/mol. The van der Waals surface area contributed by atoms with Crippen LogP contribution in [-0.4, -0.2) is 21.7 Å². The highest BCUT2D eigenvalue weighted by Crippen LogP contribution is 2.59. The molecular weight excluding hydrogens is 579 g/mol. The number of carbonyl (C=O) groups is 2. The number of rotatable bonds is 8. The molecule has 1 atom stereocenters. The van der Waals surface area contributed by atoms with Gasteiger partial charge in [-0.3, -0.25) is 14.3 Å². The van der Waals surface area contributed by atoms with Crippen LogP contribution in [0.5, 0.6) is 0 Å². The predicted octanol–water partition coefficient (Wildman–Crippen LogP) is 8.27. The van der Waals surface area contributed by atoms with Gasteiger partial charge in [0.1, 0.15) is 6.10 Å². The molecule has 9 heteroatoms. The van der Waals surface area contributed by atoms with Gasteiger partial charge in [-0.25, -0.2) is 0 Å². The van der Waals surface area contributed by atoms with Crippen molar-refractivity contribution in [2.45, 2.75) is 78.1 Å². The van der Waals surface area contributed by atoms with Gasteiger partial charge in [0.05, 0.1) is 17.0 Å². The zero-order valence-corrected chi connectivity index (χ0v) is 25.9.